The molecule has 9 nitrogen and oxygen atoms in total. The molecule has 4 rings (SSSR count). The predicted molar refractivity (Wildman–Crippen MR) is 132 cm³/mol. The first-order valence-electron chi connectivity index (χ1n) is 11.0. The second-order valence-electron chi connectivity index (χ2n) is 7.70. The van der Waals surface area contributed by atoms with E-state index in [2.05, 4.69) is 5.10 Å². The van der Waals surface area contributed by atoms with Gasteiger partial charge >= 0.3 is 19.1 Å². The maximum absolute atomic E-state index is 12.8. The van der Waals surface area contributed by atoms with Crippen molar-refractivity contribution in [3.05, 3.63) is 95.7 Å². The number of hydrogen-bond donors (Lipinski definition) is 2. The molecule has 0 amide bonds. The number of methoxy groups -OCH3 is 2. The fraction of sp³-hybridized carbons (Fsp3) is 0.115. The maximum atomic E-state index is 12.8. The van der Waals surface area contributed by atoms with E-state index in [0.29, 0.717) is 11.3 Å². The normalized spacial score (nSPS) is 10.6. The van der Waals surface area contributed by atoms with Crippen LogP contribution in [0, 0.1) is 0 Å². The van der Waals surface area contributed by atoms with E-state index >= 15 is 0 Å². The number of rotatable bonds is 8. The van der Waals surface area contributed by atoms with Gasteiger partial charge in [-0.15, -0.1) is 0 Å². The first-order valence-corrected chi connectivity index (χ1v) is 11.0. The molecule has 0 bridgehead atoms. The fourth-order valence-electron chi connectivity index (χ4n) is 3.72. The van der Waals surface area contributed by atoms with Crippen molar-refractivity contribution in [2.45, 2.75) is 6.61 Å². The number of benzene rings is 3. The lowest BCUT2D eigenvalue weighted by molar-refractivity contribution is 0.0549. The highest BCUT2D eigenvalue weighted by atomic mass is 16.5. The van der Waals surface area contributed by atoms with Crippen LogP contribution in [-0.4, -0.2) is 53.1 Å². The summed E-state index contributed by atoms with van der Waals surface area (Å²) in [5.41, 5.74) is 1.67. The smallest absolute Gasteiger partial charge is 0.489 e. The average molecular weight is 486 g/mol. The Morgan fingerprint density at radius 3 is 2.14 bits per heavy atom. The molecular formula is C26H23BN2O7. The minimum absolute atomic E-state index is 0.0631. The Kier molecular flexibility index (Phi) is 7.48. The minimum atomic E-state index is -1.87. The van der Waals surface area contributed by atoms with Gasteiger partial charge in [0.25, 0.3) is 0 Å². The minimum Gasteiger partial charge on any atom is -0.489 e. The van der Waals surface area contributed by atoms with Crippen molar-refractivity contribution in [1.82, 2.24) is 9.78 Å². The van der Waals surface area contributed by atoms with Crippen LogP contribution < -0.4 is 10.2 Å². The quantitative estimate of drug-likeness (QED) is 0.288. The van der Waals surface area contributed by atoms with Crippen molar-refractivity contribution in [2.24, 2.45) is 0 Å². The van der Waals surface area contributed by atoms with Crippen molar-refractivity contribution < 1.29 is 33.8 Å². The van der Waals surface area contributed by atoms with Gasteiger partial charge in [0.05, 0.1) is 19.9 Å². The fourth-order valence-corrected chi connectivity index (χ4v) is 3.72. The standard InChI is InChI=1S/C26H23BN2O7/c1-34-25(30)22-23(28-29(24(22)26(31)35-2)19-11-7-4-8-12-19)18-13-14-21(20(15-18)27(32)33)36-16-17-9-5-3-6-10-17/h3-15,32-33H,16H2,1-2H3. The van der Waals surface area contributed by atoms with Gasteiger partial charge in [-0.2, -0.15) is 5.10 Å². The molecule has 0 aliphatic rings. The zero-order valence-electron chi connectivity index (χ0n) is 19.6. The van der Waals surface area contributed by atoms with Crippen LogP contribution in [0.4, 0.5) is 0 Å². The molecule has 2 N–H and O–H groups in total. The van der Waals surface area contributed by atoms with Crippen molar-refractivity contribution in [2.75, 3.05) is 14.2 Å². The number of hydrogen-bond acceptors (Lipinski definition) is 8. The summed E-state index contributed by atoms with van der Waals surface area (Å²) in [6.07, 6.45) is 0. The van der Waals surface area contributed by atoms with E-state index in [1.54, 1.807) is 42.5 Å². The van der Waals surface area contributed by atoms with Gasteiger partial charge in [0.15, 0.2) is 5.69 Å². The van der Waals surface area contributed by atoms with Gasteiger partial charge in [0, 0.05) is 11.0 Å². The van der Waals surface area contributed by atoms with Crippen LogP contribution in [0.3, 0.4) is 0 Å². The molecule has 0 atom stereocenters. The van der Waals surface area contributed by atoms with Gasteiger partial charge in [-0.1, -0.05) is 48.5 Å². The number of ether oxygens (including phenoxy) is 3. The molecule has 0 spiro atoms. The monoisotopic (exact) mass is 486 g/mol. The van der Waals surface area contributed by atoms with Gasteiger partial charge in [-0.25, -0.2) is 14.3 Å². The summed E-state index contributed by atoms with van der Waals surface area (Å²) in [6, 6.07) is 22.8. The second kappa shape index (κ2) is 10.9. The second-order valence-corrected chi connectivity index (χ2v) is 7.70. The Bertz CT molecular complexity index is 1370. The lowest BCUT2D eigenvalue weighted by Gasteiger charge is -2.13. The first-order chi connectivity index (χ1) is 17.4. The van der Waals surface area contributed by atoms with Crippen LogP contribution in [0.5, 0.6) is 5.75 Å². The lowest BCUT2D eigenvalue weighted by atomic mass is 9.78. The van der Waals surface area contributed by atoms with E-state index < -0.39 is 19.1 Å². The van der Waals surface area contributed by atoms with Crippen molar-refractivity contribution in [3.63, 3.8) is 0 Å². The Hall–Kier alpha value is -4.41. The summed E-state index contributed by atoms with van der Waals surface area (Å²) < 4.78 is 17.0. The van der Waals surface area contributed by atoms with E-state index in [-0.39, 0.29) is 34.8 Å². The summed E-state index contributed by atoms with van der Waals surface area (Å²) >= 11 is 0. The molecule has 1 heterocycles. The summed E-state index contributed by atoms with van der Waals surface area (Å²) in [7, 11) is 0.523. The van der Waals surface area contributed by atoms with E-state index in [4.69, 9.17) is 14.2 Å². The molecule has 10 heteroatoms. The Labute approximate surface area is 207 Å². The number of esters is 2. The van der Waals surface area contributed by atoms with Gasteiger partial charge in [0.2, 0.25) is 0 Å². The average Bonchev–Trinajstić information content (AvgIpc) is 3.32. The summed E-state index contributed by atoms with van der Waals surface area (Å²) in [5, 5.41) is 24.6. The van der Waals surface area contributed by atoms with E-state index in [1.807, 2.05) is 30.3 Å². The van der Waals surface area contributed by atoms with Crippen molar-refractivity contribution >= 4 is 24.5 Å². The molecule has 36 heavy (non-hydrogen) atoms. The van der Waals surface area contributed by atoms with Crippen LogP contribution in [0.15, 0.2) is 78.9 Å². The molecule has 0 aliphatic carbocycles. The van der Waals surface area contributed by atoms with Crippen LogP contribution in [0.2, 0.25) is 0 Å². The summed E-state index contributed by atoms with van der Waals surface area (Å²) in [6.45, 7) is 0.211. The zero-order valence-corrected chi connectivity index (χ0v) is 19.6. The largest absolute Gasteiger partial charge is 0.492 e. The van der Waals surface area contributed by atoms with Gasteiger partial charge in [-0.3, -0.25) is 0 Å². The SMILES string of the molecule is COC(=O)c1c(-c2ccc(OCc3ccccc3)c(B(O)O)c2)nn(-c2ccccc2)c1C(=O)OC. The number of aromatic nitrogens is 2. The van der Waals surface area contributed by atoms with E-state index in [1.165, 1.54) is 25.0 Å². The molecule has 4 aromatic rings. The van der Waals surface area contributed by atoms with Crippen LogP contribution >= 0.6 is 0 Å². The highest BCUT2D eigenvalue weighted by Crippen LogP contribution is 2.30. The van der Waals surface area contributed by atoms with Crippen molar-refractivity contribution in [1.29, 1.82) is 0 Å². The molecule has 0 saturated carbocycles. The predicted octanol–water partition coefficient (Wildman–Crippen LogP) is 2.37. The Balaban J connectivity index is 1.85. The highest BCUT2D eigenvalue weighted by molar-refractivity contribution is 6.59. The molecular weight excluding hydrogens is 463 g/mol. The van der Waals surface area contributed by atoms with Gasteiger partial charge in [-0.05, 0) is 35.9 Å². The zero-order chi connectivity index (χ0) is 25.7. The summed E-state index contributed by atoms with van der Waals surface area (Å²) in [4.78, 5) is 25.6. The van der Waals surface area contributed by atoms with Gasteiger partial charge < -0.3 is 24.3 Å². The molecule has 3 aromatic carbocycles. The van der Waals surface area contributed by atoms with Gasteiger partial charge in [0.1, 0.15) is 23.6 Å². The molecule has 1 aromatic heterocycles. The third-order valence-electron chi connectivity index (χ3n) is 5.45. The highest BCUT2D eigenvalue weighted by Gasteiger charge is 2.32. The third-order valence-corrected chi connectivity index (χ3v) is 5.45. The Morgan fingerprint density at radius 1 is 0.889 bits per heavy atom. The molecule has 0 fully saturated rings. The molecule has 0 saturated heterocycles. The molecule has 0 unspecified atom stereocenters. The van der Waals surface area contributed by atoms with E-state index in [0.717, 1.165) is 5.56 Å². The van der Waals surface area contributed by atoms with Crippen LogP contribution in [0.25, 0.3) is 16.9 Å². The Morgan fingerprint density at radius 2 is 1.53 bits per heavy atom. The topological polar surface area (TPSA) is 120 Å². The molecule has 182 valence electrons. The number of carbonyl (C=O) groups is 2. The third kappa shape index (κ3) is 5.00. The van der Waals surface area contributed by atoms with Crippen LogP contribution in [-0.2, 0) is 16.1 Å². The summed E-state index contributed by atoms with van der Waals surface area (Å²) in [5.74, 6) is -1.35. The van der Waals surface area contributed by atoms with Crippen LogP contribution in [0.1, 0.15) is 26.4 Å². The number of para-hydroxylation sites is 1. The van der Waals surface area contributed by atoms with Crippen molar-refractivity contribution in [3.8, 4) is 22.7 Å². The molecule has 0 radical (unpaired) electrons. The lowest BCUT2D eigenvalue weighted by Crippen LogP contribution is -2.31. The van der Waals surface area contributed by atoms with E-state index in [9.17, 15) is 19.6 Å². The number of carbonyl (C=O) groups excluding carboxylic acids is 2. The maximum Gasteiger partial charge on any atom is 0.492 e. The number of nitrogens with zero attached hydrogens (tertiary/aromatic N) is 2. The first kappa shape index (κ1) is 24.7. The molecule has 0 aliphatic heterocycles.